The van der Waals surface area contributed by atoms with Crippen molar-refractivity contribution in [1.29, 1.82) is 5.26 Å². The quantitative estimate of drug-likeness (QED) is 0.638. The molecule has 148 valence electrons. The Hall–Kier alpha value is -2.25. The van der Waals surface area contributed by atoms with Crippen molar-refractivity contribution in [1.82, 2.24) is 8.87 Å². The first kappa shape index (κ1) is 20.5. The number of aliphatic hydroxyl groups excluding tert-OH is 1. The average molecular weight is 424 g/mol. The van der Waals surface area contributed by atoms with Crippen LogP contribution in [0.25, 0.3) is 0 Å². The van der Waals surface area contributed by atoms with Gasteiger partial charge in [0.2, 0.25) is 0 Å². The first-order valence-corrected chi connectivity index (χ1v) is 9.76. The van der Waals surface area contributed by atoms with Crippen LogP contribution in [0.4, 0.5) is 15.8 Å². The molecule has 0 saturated carbocycles. The number of aromatic nitrogens is 1. The zero-order chi connectivity index (χ0) is 20.3. The van der Waals surface area contributed by atoms with Gasteiger partial charge in [0.1, 0.15) is 17.6 Å². The van der Waals surface area contributed by atoms with Crippen molar-refractivity contribution in [2.24, 2.45) is 7.05 Å². The molecule has 10 heteroatoms. The second kappa shape index (κ2) is 8.84. The first-order chi connectivity index (χ1) is 13.4. The minimum absolute atomic E-state index is 0.152. The summed E-state index contributed by atoms with van der Waals surface area (Å²) in [5.41, 5.74) is 0.973. The highest BCUT2D eigenvalue weighted by Crippen LogP contribution is 2.31. The maximum Gasteiger partial charge on any atom is 0.273 e. The summed E-state index contributed by atoms with van der Waals surface area (Å²) in [4.78, 5) is 12.6. The highest BCUT2D eigenvalue weighted by atomic mass is 35.5. The Morgan fingerprint density at radius 2 is 2.14 bits per heavy atom. The SMILES string of the molecule is Cn1cc(NSN2CCC(O)CC2)c(Cl)c1C(=O)Nc1ccc(F)c(C#N)c1. The zero-order valence-corrected chi connectivity index (χ0v) is 16.6. The van der Waals surface area contributed by atoms with Crippen LogP contribution in [0.2, 0.25) is 5.02 Å². The number of carbonyl (C=O) groups is 1. The van der Waals surface area contributed by atoms with Crippen molar-refractivity contribution < 1.29 is 14.3 Å². The van der Waals surface area contributed by atoms with Gasteiger partial charge in [0.15, 0.2) is 0 Å². The number of nitrogens with zero attached hydrogens (tertiary/aromatic N) is 3. The topological polar surface area (TPSA) is 93.3 Å². The van der Waals surface area contributed by atoms with Gasteiger partial charge in [-0.25, -0.2) is 8.70 Å². The van der Waals surface area contributed by atoms with Crippen LogP contribution in [0.1, 0.15) is 28.9 Å². The van der Waals surface area contributed by atoms with E-state index in [2.05, 4.69) is 14.3 Å². The fourth-order valence-corrected chi connectivity index (χ4v) is 4.00. The molecule has 1 saturated heterocycles. The third-order valence-electron chi connectivity index (χ3n) is 4.39. The second-order valence-electron chi connectivity index (χ2n) is 6.43. The number of hydrogen-bond acceptors (Lipinski definition) is 6. The molecule has 0 aliphatic carbocycles. The Morgan fingerprint density at radius 1 is 1.43 bits per heavy atom. The van der Waals surface area contributed by atoms with Crippen LogP contribution in [-0.4, -0.2) is 39.1 Å². The summed E-state index contributed by atoms with van der Waals surface area (Å²) in [6.45, 7) is 1.50. The fourth-order valence-electron chi connectivity index (χ4n) is 2.85. The zero-order valence-electron chi connectivity index (χ0n) is 15.1. The molecule has 1 aliphatic heterocycles. The summed E-state index contributed by atoms with van der Waals surface area (Å²) in [5.74, 6) is -1.12. The Balaban J connectivity index is 1.69. The number of aliphatic hydroxyl groups is 1. The van der Waals surface area contributed by atoms with E-state index in [4.69, 9.17) is 16.9 Å². The van der Waals surface area contributed by atoms with E-state index in [1.54, 1.807) is 23.9 Å². The molecule has 2 aromatic rings. The standard InChI is InChI=1S/C18H19ClFN5O2S/c1-24-10-15(23-28-25-6-4-13(26)5-7-25)16(19)17(24)18(27)22-12-2-3-14(20)11(8-12)9-21/h2-3,8,10,13,23,26H,4-7H2,1H3,(H,22,27). The summed E-state index contributed by atoms with van der Waals surface area (Å²) < 4.78 is 20.2. The number of nitriles is 1. The van der Waals surface area contributed by atoms with Gasteiger partial charge in [0.05, 0.1) is 22.4 Å². The van der Waals surface area contributed by atoms with Gasteiger partial charge in [-0.05, 0) is 31.0 Å². The van der Waals surface area contributed by atoms with Crippen molar-refractivity contribution in [3.8, 4) is 6.07 Å². The van der Waals surface area contributed by atoms with Crippen molar-refractivity contribution in [2.75, 3.05) is 23.1 Å². The van der Waals surface area contributed by atoms with E-state index in [9.17, 15) is 14.3 Å². The molecule has 7 nitrogen and oxygen atoms in total. The van der Waals surface area contributed by atoms with Crippen molar-refractivity contribution in [3.05, 3.63) is 46.5 Å². The number of carbonyl (C=O) groups excluding carboxylic acids is 1. The summed E-state index contributed by atoms with van der Waals surface area (Å²) in [7, 11) is 1.69. The molecule has 0 radical (unpaired) electrons. The van der Waals surface area contributed by atoms with Crippen LogP contribution in [0, 0.1) is 17.1 Å². The fraction of sp³-hybridized carbons (Fsp3) is 0.333. The van der Waals surface area contributed by atoms with Gasteiger partial charge in [0, 0.05) is 44.2 Å². The van der Waals surface area contributed by atoms with E-state index >= 15 is 0 Å². The molecule has 1 aromatic heterocycles. The van der Waals surface area contributed by atoms with Gasteiger partial charge in [0.25, 0.3) is 5.91 Å². The predicted octanol–water partition coefficient (Wildman–Crippen LogP) is 3.37. The Kier molecular flexibility index (Phi) is 6.46. The van der Waals surface area contributed by atoms with Crippen LogP contribution >= 0.6 is 23.7 Å². The van der Waals surface area contributed by atoms with E-state index in [1.165, 1.54) is 24.3 Å². The minimum Gasteiger partial charge on any atom is -0.393 e. The maximum absolute atomic E-state index is 13.4. The van der Waals surface area contributed by atoms with Gasteiger partial charge in [-0.3, -0.25) is 4.79 Å². The Morgan fingerprint density at radius 3 is 2.82 bits per heavy atom. The molecule has 3 N–H and O–H groups in total. The third-order valence-corrected chi connectivity index (χ3v) is 5.70. The number of benzene rings is 1. The summed E-state index contributed by atoms with van der Waals surface area (Å²) in [5, 5.41) is 21.4. The lowest BCUT2D eigenvalue weighted by atomic mass is 10.1. The summed E-state index contributed by atoms with van der Waals surface area (Å²) in [6.07, 6.45) is 2.88. The van der Waals surface area contributed by atoms with Crippen LogP contribution in [0.15, 0.2) is 24.4 Å². The highest BCUT2D eigenvalue weighted by molar-refractivity contribution is 7.98. The number of hydrogen-bond donors (Lipinski definition) is 3. The average Bonchev–Trinajstić information content (AvgIpc) is 2.96. The number of halogens is 2. The van der Waals surface area contributed by atoms with E-state index in [-0.39, 0.29) is 22.4 Å². The molecule has 28 heavy (non-hydrogen) atoms. The van der Waals surface area contributed by atoms with Gasteiger partial charge in [-0.1, -0.05) is 11.6 Å². The summed E-state index contributed by atoms with van der Waals surface area (Å²) >= 11 is 7.76. The van der Waals surface area contributed by atoms with Crippen molar-refractivity contribution >= 4 is 41.0 Å². The number of anilines is 2. The smallest absolute Gasteiger partial charge is 0.273 e. The number of nitrogens with one attached hydrogen (secondary N) is 2. The number of rotatable bonds is 5. The number of piperidine rings is 1. The van der Waals surface area contributed by atoms with E-state index in [0.29, 0.717) is 24.2 Å². The van der Waals surface area contributed by atoms with Gasteiger partial charge in [-0.2, -0.15) is 5.26 Å². The second-order valence-corrected chi connectivity index (χ2v) is 7.71. The Labute approximate surface area is 171 Å². The van der Waals surface area contributed by atoms with Crippen LogP contribution in [-0.2, 0) is 7.05 Å². The molecule has 3 rings (SSSR count). The molecule has 0 spiro atoms. The summed E-state index contributed by atoms with van der Waals surface area (Å²) in [6, 6.07) is 5.51. The molecule has 1 aromatic carbocycles. The largest absolute Gasteiger partial charge is 0.393 e. The third kappa shape index (κ3) is 4.59. The highest BCUT2D eigenvalue weighted by Gasteiger charge is 2.22. The normalized spacial score (nSPS) is 15.2. The minimum atomic E-state index is -0.647. The molecule has 1 fully saturated rings. The van der Waals surface area contributed by atoms with Crippen molar-refractivity contribution in [2.45, 2.75) is 18.9 Å². The number of amides is 1. The molecule has 1 amide bonds. The van der Waals surface area contributed by atoms with Crippen LogP contribution in [0.3, 0.4) is 0 Å². The lowest BCUT2D eigenvalue weighted by Crippen LogP contribution is -2.31. The van der Waals surface area contributed by atoms with E-state index in [0.717, 1.165) is 19.2 Å². The lowest BCUT2D eigenvalue weighted by molar-refractivity contribution is 0.101. The monoisotopic (exact) mass is 423 g/mol. The lowest BCUT2D eigenvalue weighted by Gasteiger charge is -2.27. The predicted molar refractivity (Wildman–Crippen MR) is 108 cm³/mol. The molecule has 1 aliphatic rings. The van der Waals surface area contributed by atoms with Gasteiger partial charge >= 0.3 is 0 Å². The maximum atomic E-state index is 13.4. The first-order valence-electron chi connectivity index (χ1n) is 8.61. The number of aryl methyl sites for hydroxylation is 1. The van der Waals surface area contributed by atoms with Crippen LogP contribution < -0.4 is 10.0 Å². The molecular weight excluding hydrogens is 405 g/mol. The van der Waals surface area contributed by atoms with Crippen molar-refractivity contribution in [3.63, 3.8) is 0 Å². The van der Waals surface area contributed by atoms with Crippen LogP contribution in [0.5, 0.6) is 0 Å². The molecule has 0 unspecified atom stereocenters. The molecule has 2 heterocycles. The molecule has 0 atom stereocenters. The molecule has 0 bridgehead atoms. The molecular formula is C18H19ClFN5O2S. The van der Waals surface area contributed by atoms with E-state index < -0.39 is 11.7 Å². The van der Waals surface area contributed by atoms with Gasteiger partial charge in [-0.15, -0.1) is 0 Å². The van der Waals surface area contributed by atoms with Gasteiger partial charge < -0.3 is 19.7 Å². The van der Waals surface area contributed by atoms with E-state index in [1.807, 2.05) is 0 Å². The Bertz CT molecular complexity index is 921.